The van der Waals surface area contributed by atoms with Crippen molar-refractivity contribution < 1.29 is 4.39 Å². The van der Waals surface area contributed by atoms with Crippen LogP contribution >= 0.6 is 0 Å². The molecular weight excluding hydrogens is 343 g/mol. The number of aromatic amines is 1. The van der Waals surface area contributed by atoms with Gasteiger partial charge in [-0.1, -0.05) is 0 Å². The molecule has 0 atom stereocenters. The molecular formula is C20H17FN6. The zero-order valence-corrected chi connectivity index (χ0v) is 14.6. The number of H-pyrrole nitrogens is 1. The van der Waals surface area contributed by atoms with Gasteiger partial charge in [-0.05, 0) is 23.8 Å². The molecule has 1 aliphatic heterocycles. The third kappa shape index (κ3) is 3.06. The monoisotopic (exact) mass is 360 g/mol. The minimum atomic E-state index is -0.210. The topological polar surface area (TPSA) is 70.6 Å². The van der Waals surface area contributed by atoms with Gasteiger partial charge in [0, 0.05) is 67.3 Å². The number of halogens is 1. The number of nitrogens with zero attached hydrogens (tertiary/aromatic N) is 5. The van der Waals surface area contributed by atoms with Crippen molar-refractivity contribution in [2.24, 2.45) is 0 Å². The molecule has 1 aromatic carbocycles. The van der Waals surface area contributed by atoms with E-state index in [1.807, 2.05) is 12.4 Å². The third-order valence-electron chi connectivity index (χ3n) is 4.96. The lowest BCUT2D eigenvalue weighted by Crippen LogP contribution is -2.30. The van der Waals surface area contributed by atoms with Gasteiger partial charge in [0.25, 0.3) is 0 Å². The standard InChI is InChI=1S/C20H17FN6/c21-16-1-2-19-17(5-16)14(8-24-19)10-27-4-3-18-15(11-27)9-25-20(26-18)13-6-22-12-23-7-13/h1-2,5-9,12,24H,3-4,10-11H2. The summed E-state index contributed by atoms with van der Waals surface area (Å²) >= 11 is 0. The van der Waals surface area contributed by atoms with Crippen LogP contribution < -0.4 is 0 Å². The molecule has 5 rings (SSSR count). The van der Waals surface area contributed by atoms with E-state index in [0.717, 1.165) is 59.3 Å². The lowest BCUT2D eigenvalue weighted by atomic mass is 10.1. The second kappa shape index (κ2) is 6.51. The molecule has 7 heteroatoms. The van der Waals surface area contributed by atoms with Crippen LogP contribution in [0.25, 0.3) is 22.3 Å². The molecule has 3 aromatic heterocycles. The highest BCUT2D eigenvalue weighted by molar-refractivity contribution is 5.83. The Morgan fingerprint density at radius 1 is 1.15 bits per heavy atom. The predicted octanol–water partition coefficient (Wildman–Crippen LogP) is 3.11. The molecule has 0 amide bonds. The van der Waals surface area contributed by atoms with Crippen LogP contribution in [0.1, 0.15) is 16.8 Å². The zero-order chi connectivity index (χ0) is 18.2. The smallest absolute Gasteiger partial charge is 0.162 e. The second-order valence-electron chi connectivity index (χ2n) is 6.76. The summed E-state index contributed by atoms with van der Waals surface area (Å²) in [5, 5.41) is 0.941. The second-order valence-corrected chi connectivity index (χ2v) is 6.76. The fourth-order valence-electron chi connectivity index (χ4n) is 3.59. The number of fused-ring (bicyclic) bond motifs is 2. The van der Waals surface area contributed by atoms with E-state index in [4.69, 9.17) is 4.98 Å². The van der Waals surface area contributed by atoms with Gasteiger partial charge in [-0.2, -0.15) is 0 Å². The van der Waals surface area contributed by atoms with Gasteiger partial charge >= 0.3 is 0 Å². The fourth-order valence-corrected chi connectivity index (χ4v) is 3.59. The Labute approximate surface area is 155 Å². The number of hydrogen-bond donors (Lipinski definition) is 1. The Hall–Kier alpha value is -3.19. The van der Waals surface area contributed by atoms with Crippen molar-refractivity contribution in [2.45, 2.75) is 19.5 Å². The minimum Gasteiger partial charge on any atom is -0.361 e. The van der Waals surface area contributed by atoms with Crippen molar-refractivity contribution in [2.75, 3.05) is 6.54 Å². The van der Waals surface area contributed by atoms with Crippen LogP contribution in [0.2, 0.25) is 0 Å². The highest BCUT2D eigenvalue weighted by atomic mass is 19.1. The fraction of sp³-hybridized carbons (Fsp3) is 0.200. The molecule has 0 aliphatic carbocycles. The molecule has 0 spiro atoms. The van der Waals surface area contributed by atoms with Gasteiger partial charge in [-0.25, -0.2) is 24.3 Å². The average Bonchev–Trinajstić information content (AvgIpc) is 3.10. The summed E-state index contributed by atoms with van der Waals surface area (Å²) in [6, 6.07) is 4.85. The van der Waals surface area contributed by atoms with Crippen molar-refractivity contribution in [3.63, 3.8) is 0 Å². The van der Waals surface area contributed by atoms with Crippen LogP contribution in [0.5, 0.6) is 0 Å². The molecule has 134 valence electrons. The van der Waals surface area contributed by atoms with Crippen LogP contribution in [0.15, 0.2) is 49.3 Å². The first kappa shape index (κ1) is 16.0. The Morgan fingerprint density at radius 2 is 2.04 bits per heavy atom. The van der Waals surface area contributed by atoms with Gasteiger partial charge in [-0.3, -0.25) is 4.90 Å². The number of benzene rings is 1. The Balaban J connectivity index is 1.37. The van der Waals surface area contributed by atoms with Crippen molar-refractivity contribution in [3.05, 3.63) is 72.0 Å². The zero-order valence-electron chi connectivity index (χ0n) is 14.6. The van der Waals surface area contributed by atoms with Crippen LogP contribution in [-0.4, -0.2) is 36.4 Å². The lowest BCUT2D eigenvalue weighted by molar-refractivity contribution is 0.244. The molecule has 0 fully saturated rings. The maximum absolute atomic E-state index is 13.6. The number of hydrogen-bond acceptors (Lipinski definition) is 5. The van der Waals surface area contributed by atoms with E-state index in [1.165, 1.54) is 12.4 Å². The van der Waals surface area contributed by atoms with Gasteiger partial charge in [0.2, 0.25) is 0 Å². The first-order valence-electron chi connectivity index (χ1n) is 8.84. The molecule has 1 N–H and O–H groups in total. The average molecular weight is 360 g/mol. The van der Waals surface area contributed by atoms with Crippen LogP contribution in [-0.2, 0) is 19.5 Å². The van der Waals surface area contributed by atoms with E-state index < -0.39 is 0 Å². The molecule has 27 heavy (non-hydrogen) atoms. The van der Waals surface area contributed by atoms with Crippen LogP contribution in [0.4, 0.5) is 4.39 Å². The van der Waals surface area contributed by atoms with Gasteiger partial charge in [0.15, 0.2) is 5.82 Å². The van der Waals surface area contributed by atoms with Crippen LogP contribution in [0.3, 0.4) is 0 Å². The summed E-state index contributed by atoms with van der Waals surface area (Å²) in [4.78, 5) is 22.8. The van der Waals surface area contributed by atoms with E-state index >= 15 is 0 Å². The summed E-state index contributed by atoms with van der Waals surface area (Å²) in [7, 11) is 0. The Kier molecular flexibility index (Phi) is 3.86. The molecule has 0 bridgehead atoms. The Bertz CT molecular complexity index is 1110. The van der Waals surface area contributed by atoms with E-state index in [-0.39, 0.29) is 5.82 Å². The molecule has 4 heterocycles. The van der Waals surface area contributed by atoms with Crippen LogP contribution in [0, 0.1) is 5.82 Å². The van der Waals surface area contributed by atoms with Crippen molar-refractivity contribution in [3.8, 4) is 11.4 Å². The van der Waals surface area contributed by atoms with Gasteiger partial charge in [0.1, 0.15) is 12.1 Å². The van der Waals surface area contributed by atoms with Crippen molar-refractivity contribution in [1.82, 2.24) is 29.8 Å². The summed E-state index contributed by atoms with van der Waals surface area (Å²) in [5.74, 6) is 0.452. The molecule has 0 saturated heterocycles. The van der Waals surface area contributed by atoms with Crippen molar-refractivity contribution in [1.29, 1.82) is 0 Å². The third-order valence-corrected chi connectivity index (χ3v) is 4.96. The molecule has 0 unspecified atom stereocenters. The molecule has 6 nitrogen and oxygen atoms in total. The highest BCUT2D eigenvalue weighted by Gasteiger charge is 2.20. The Morgan fingerprint density at radius 3 is 2.93 bits per heavy atom. The first-order chi connectivity index (χ1) is 13.3. The van der Waals surface area contributed by atoms with E-state index in [2.05, 4.69) is 24.8 Å². The molecule has 0 radical (unpaired) electrons. The molecule has 1 aliphatic rings. The first-order valence-corrected chi connectivity index (χ1v) is 8.84. The summed E-state index contributed by atoms with van der Waals surface area (Å²) in [5.41, 5.74) is 5.09. The molecule has 0 saturated carbocycles. The lowest BCUT2D eigenvalue weighted by Gasteiger charge is -2.27. The number of rotatable bonds is 3. The summed E-state index contributed by atoms with van der Waals surface area (Å²) < 4.78 is 13.6. The van der Waals surface area contributed by atoms with Gasteiger partial charge in [0.05, 0.1) is 11.3 Å². The van der Waals surface area contributed by atoms with E-state index in [0.29, 0.717) is 5.82 Å². The number of aromatic nitrogens is 5. The number of nitrogens with one attached hydrogen (secondary N) is 1. The normalized spacial score (nSPS) is 14.4. The SMILES string of the molecule is Fc1ccc2[nH]cc(CN3CCc4nc(-c5cncnc5)ncc4C3)c2c1. The van der Waals surface area contributed by atoms with Gasteiger partial charge in [-0.15, -0.1) is 0 Å². The largest absolute Gasteiger partial charge is 0.361 e. The summed E-state index contributed by atoms with van der Waals surface area (Å²) in [6.07, 6.45) is 9.66. The minimum absolute atomic E-state index is 0.210. The summed E-state index contributed by atoms with van der Waals surface area (Å²) in [6.45, 7) is 2.44. The van der Waals surface area contributed by atoms with E-state index in [1.54, 1.807) is 24.5 Å². The van der Waals surface area contributed by atoms with Gasteiger partial charge < -0.3 is 4.98 Å². The predicted molar refractivity (Wildman–Crippen MR) is 99.1 cm³/mol. The van der Waals surface area contributed by atoms with Crippen molar-refractivity contribution >= 4 is 10.9 Å². The van der Waals surface area contributed by atoms with E-state index in [9.17, 15) is 4.39 Å². The quantitative estimate of drug-likeness (QED) is 0.608. The highest BCUT2D eigenvalue weighted by Crippen LogP contribution is 2.25. The molecule has 4 aromatic rings. The maximum Gasteiger partial charge on any atom is 0.162 e. The maximum atomic E-state index is 13.6.